The SMILES string of the molecule is CC(C)OC(=O)Oc1c2ccccc2c(OC(=O)OC(C)C)c2cc(C(C)(C)C)ccc12. The number of carbonyl (C=O) groups excluding carboxylic acids is 2. The van der Waals surface area contributed by atoms with Gasteiger partial charge in [0.15, 0.2) is 0 Å². The number of hydrogen-bond donors (Lipinski definition) is 0. The Bertz CT molecular complexity index is 1150. The summed E-state index contributed by atoms with van der Waals surface area (Å²) in [6.07, 6.45) is -2.22. The van der Waals surface area contributed by atoms with E-state index in [1.807, 2.05) is 42.5 Å². The highest BCUT2D eigenvalue weighted by atomic mass is 16.7. The van der Waals surface area contributed by atoms with Gasteiger partial charge in [0.1, 0.15) is 11.5 Å². The highest BCUT2D eigenvalue weighted by molar-refractivity contribution is 6.12. The van der Waals surface area contributed by atoms with Gasteiger partial charge in [-0.2, -0.15) is 0 Å². The molecule has 0 aromatic heterocycles. The molecular formula is C26H30O6. The third kappa shape index (κ3) is 5.13. The molecule has 0 radical (unpaired) electrons. The lowest BCUT2D eigenvalue weighted by Crippen LogP contribution is -2.17. The molecule has 0 fully saturated rings. The minimum absolute atomic E-state index is 0.146. The summed E-state index contributed by atoms with van der Waals surface area (Å²) in [7, 11) is 0. The molecule has 0 amide bonds. The monoisotopic (exact) mass is 438 g/mol. The zero-order valence-electron chi connectivity index (χ0n) is 19.6. The van der Waals surface area contributed by atoms with Crippen molar-refractivity contribution in [1.82, 2.24) is 0 Å². The minimum atomic E-state index is -0.792. The predicted octanol–water partition coefficient (Wildman–Crippen LogP) is 7.14. The fourth-order valence-corrected chi connectivity index (χ4v) is 3.39. The number of hydrogen-bond acceptors (Lipinski definition) is 6. The maximum atomic E-state index is 12.4. The molecule has 3 aromatic carbocycles. The van der Waals surface area contributed by atoms with Crippen molar-refractivity contribution in [1.29, 1.82) is 0 Å². The van der Waals surface area contributed by atoms with E-state index in [4.69, 9.17) is 18.9 Å². The zero-order chi connectivity index (χ0) is 23.6. The first-order chi connectivity index (χ1) is 15.0. The van der Waals surface area contributed by atoms with Crippen LogP contribution >= 0.6 is 0 Å². The van der Waals surface area contributed by atoms with Crippen LogP contribution in [0, 0.1) is 0 Å². The van der Waals surface area contributed by atoms with E-state index < -0.39 is 12.3 Å². The van der Waals surface area contributed by atoms with E-state index in [2.05, 4.69) is 20.8 Å². The average Bonchev–Trinajstić information content (AvgIpc) is 2.68. The lowest BCUT2D eigenvalue weighted by Gasteiger charge is -2.22. The highest BCUT2D eigenvalue weighted by Crippen LogP contribution is 2.44. The summed E-state index contributed by atoms with van der Waals surface area (Å²) in [5, 5.41) is 2.52. The fourth-order valence-electron chi connectivity index (χ4n) is 3.39. The Labute approximate surface area is 188 Å². The molecule has 6 nitrogen and oxygen atoms in total. The van der Waals surface area contributed by atoms with Gasteiger partial charge in [-0.25, -0.2) is 9.59 Å². The normalized spacial score (nSPS) is 11.8. The van der Waals surface area contributed by atoms with E-state index in [0.717, 1.165) is 5.56 Å². The first-order valence-corrected chi connectivity index (χ1v) is 10.7. The fraction of sp³-hybridized carbons (Fsp3) is 0.385. The van der Waals surface area contributed by atoms with Crippen LogP contribution in [0.1, 0.15) is 54.0 Å². The second kappa shape index (κ2) is 9.07. The van der Waals surface area contributed by atoms with Crippen molar-refractivity contribution < 1.29 is 28.5 Å². The third-order valence-corrected chi connectivity index (χ3v) is 4.83. The molecule has 170 valence electrons. The number of ether oxygens (including phenoxy) is 4. The van der Waals surface area contributed by atoms with Gasteiger partial charge in [-0.3, -0.25) is 0 Å². The molecule has 0 bridgehead atoms. The summed E-state index contributed by atoms with van der Waals surface area (Å²) in [6, 6.07) is 13.1. The van der Waals surface area contributed by atoms with Crippen molar-refractivity contribution in [3.63, 3.8) is 0 Å². The van der Waals surface area contributed by atoms with Crippen molar-refractivity contribution in [2.75, 3.05) is 0 Å². The van der Waals surface area contributed by atoms with Gasteiger partial charge in [-0.05, 0) is 44.7 Å². The van der Waals surface area contributed by atoms with Crippen LogP contribution in [-0.4, -0.2) is 24.5 Å². The van der Waals surface area contributed by atoms with E-state index in [9.17, 15) is 9.59 Å². The predicted molar refractivity (Wildman–Crippen MR) is 125 cm³/mol. The molecule has 0 unspecified atom stereocenters. The zero-order valence-corrected chi connectivity index (χ0v) is 19.6. The van der Waals surface area contributed by atoms with Gasteiger partial charge >= 0.3 is 12.3 Å². The molecule has 0 N–H and O–H groups in total. The van der Waals surface area contributed by atoms with Crippen LogP contribution in [0.3, 0.4) is 0 Å². The van der Waals surface area contributed by atoms with E-state index in [0.29, 0.717) is 33.0 Å². The van der Waals surface area contributed by atoms with E-state index in [1.54, 1.807) is 27.7 Å². The molecule has 0 saturated carbocycles. The molecule has 0 aliphatic heterocycles. The smallest absolute Gasteiger partial charge is 0.431 e. The van der Waals surface area contributed by atoms with Crippen molar-refractivity contribution in [2.45, 2.75) is 66.1 Å². The summed E-state index contributed by atoms with van der Waals surface area (Å²) < 4.78 is 21.8. The molecule has 32 heavy (non-hydrogen) atoms. The second-order valence-electron chi connectivity index (χ2n) is 9.25. The van der Waals surface area contributed by atoms with Crippen molar-refractivity contribution in [2.24, 2.45) is 0 Å². The van der Waals surface area contributed by atoms with Gasteiger partial charge in [0.05, 0.1) is 12.2 Å². The Morgan fingerprint density at radius 2 is 1.12 bits per heavy atom. The molecule has 6 heteroatoms. The summed E-state index contributed by atoms with van der Waals surface area (Å²) in [5.74, 6) is 0.711. The lowest BCUT2D eigenvalue weighted by molar-refractivity contribution is 0.0719. The van der Waals surface area contributed by atoms with Crippen LogP contribution in [-0.2, 0) is 14.9 Å². The van der Waals surface area contributed by atoms with E-state index in [-0.39, 0.29) is 17.6 Å². The molecule has 0 saturated heterocycles. The molecule has 0 aliphatic rings. The Hall–Kier alpha value is -3.28. The first kappa shape index (κ1) is 23.4. The molecule has 0 aliphatic carbocycles. The second-order valence-corrected chi connectivity index (χ2v) is 9.25. The lowest BCUT2D eigenvalue weighted by atomic mass is 9.85. The van der Waals surface area contributed by atoms with Gasteiger partial charge in [0, 0.05) is 21.5 Å². The maximum Gasteiger partial charge on any atom is 0.514 e. The van der Waals surface area contributed by atoms with Gasteiger partial charge in [-0.15, -0.1) is 0 Å². The summed E-state index contributed by atoms with van der Waals surface area (Å²) in [4.78, 5) is 24.8. The van der Waals surface area contributed by atoms with Crippen LogP contribution in [0.25, 0.3) is 21.5 Å². The van der Waals surface area contributed by atoms with Crippen molar-refractivity contribution in [3.05, 3.63) is 48.0 Å². The van der Waals surface area contributed by atoms with Crippen LogP contribution in [0.4, 0.5) is 9.59 Å². The highest BCUT2D eigenvalue weighted by Gasteiger charge is 2.24. The summed E-state index contributed by atoms with van der Waals surface area (Å²) in [5.41, 5.74) is 0.894. The van der Waals surface area contributed by atoms with Gasteiger partial charge in [-0.1, -0.05) is 57.2 Å². The molecule has 3 aromatic rings. The van der Waals surface area contributed by atoms with E-state index in [1.165, 1.54) is 0 Å². The molecular weight excluding hydrogens is 408 g/mol. The quantitative estimate of drug-likeness (QED) is 0.245. The third-order valence-electron chi connectivity index (χ3n) is 4.83. The number of carbonyl (C=O) groups is 2. The Morgan fingerprint density at radius 1 is 0.688 bits per heavy atom. The average molecular weight is 439 g/mol. The Kier molecular flexibility index (Phi) is 6.63. The van der Waals surface area contributed by atoms with Crippen LogP contribution < -0.4 is 9.47 Å². The molecule has 0 spiro atoms. The van der Waals surface area contributed by atoms with Gasteiger partial charge in [0.25, 0.3) is 0 Å². The molecule has 0 atom stereocenters. The summed E-state index contributed by atoms with van der Waals surface area (Å²) in [6.45, 7) is 13.3. The summed E-state index contributed by atoms with van der Waals surface area (Å²) >= 11 is 0. The van der Waals surface area contributed by atoms with Crippen LogP contribution in [0.2, 0.25) is 0 Å². The molecule has 3 rings (SSSR count). The van der Waals surface area contributed by atoms with Crippen molar-refractivity contribution in [3.8, 4) is 11.5 Å². The Balaban J connectivity index is 2.30. The number of rotatable bonds is 4. The topological polar surface area (TPSA) is 71.1 Å². The standard InChI is InChI=1S/C26H30O6/c1-15(2)29-24(27)31-22-18-10-8-9-11-19(18)23(32-25(28)30-16(3)4)21-14-17(26(5,6)7)12-13-20(21)22/h8-16H,1-7H3. The minimum Gasteiger partial charge on any atom is -0.431 e. The Morgan fingerprint density at radius 3 is 1.56 bits per heavy atom. The number of benzene rings is 3. The van der Waals surface area contributed by atoms with Crippen LogP contribution in [0.5, 0.6) is 11.5 Å². The van der Waals surface area contributed by atoms with Gasteiger partial charge < -0.3 is 18.9 Å². The van der Waals surface area contributed by atoms with E-state index >= 15 is 0 Å². The molecule has 0 heterocycles. The van der Waals surface area contributed by atoms with Crippen LogP contribution in [0.15, 0.2) is 42.5 Å². The first-order valence-electron chi connectivity index (χ1n) is 10.7. The largest absolute Gasteiger partial charge is 0.514 e. The maximum absolute atomic E-state index is 12.4. The van der Waals surface area contributed by atoms with Crippen molar-refractivity contribution >= 4 is 33.9 Å². The van der Waals surface area contributed by atoms with Gasteiger partial charge in [0.2, 0.25) is 0 Å². The number of fused-ring (bicyclic) bond motifs is 2.